The molecule has 3 aromatic rings. The molecule has 0 aliphatic heterocycles. The standard InChI is InChI=1S/C15H15N5OS/c1-10-5-11(2)7-13(6-10)16-14(21)8-20-18-15(17-19-20)12-3-4-22-9-12/h3-7,9H,8H2,1-2H3,(H,16,21). The van der Waals surface area contributed by atoms with E-state index in [9.17, 15) is 4.79 Å². The van der Waals surface area contributed by atoms with Gasteiger partial charge in [-0.1, -0.05) is 6.07 Å². The monoisotopic (exact) mass is 313 g/mol. The number of hydrogen-bond donors (Lipinski definition) is 1. The first kappa shape index (κ1) is 14.4. The molecule has 0 saturated carbocycles. The van der Waals surface area contributed by atoms with Gasteiger partial charge in [0, 0.05) is 16.6 Å². The van der Waals surface area contributed by atoms with Crippen molar-refractivity contribution in [1.82, 2.24) is 20.2 Å². The lowest BCUT2D eigenvalue weighted by atomic mass is 10.1. The van der Waals surface area contributed by atoms with Crippen LogP contribution in [-0.2, 0) is 11.3 Å². The van der Waals surface area contributed by atoms with Gasteiger partial charge in [-0.15, -0.1) is 10.2 Å². The number of rotatable bonds is 4. The van der Waals surface area contributed by atoms with Gasteiger partial charge in [-0.3, -0.25) is 4.79 Å². The molecule has 0 atom stereocenters. The molecule has 0 spiro atoms. The van der Waals surface area contributed by atoms with Crippen LogP contribution in [0, 0.1) is 13.8 Å². The Balaban J connectivity index is 1.67. The molecule has 7 heteroatoms. The first-order valence-electron chi connectivity index (χ1n) is 6.79. The van der Waals surface area contributed by atoms with Gasteiger partial charge in [0.2, 0.25) is 11.7 Å². The summed E-state index contributed by atoms with van der Waals surface area (Å²) in [7, 11) is 0. The van der Waals surface area contributed by atoms with Crippen LogP contribution in [0.15, 0.2) is 35.0 Å². The fourth-order valence-corrected chi connectivity index (χ4v) is 2.83. The quantitative estimate of drug-likeness (QED) is 0.803. The van der Waals surface area contributed by atoms with Crippen LogP contribution >= 0.6 is 11.3 Å². The number of tetrazole rings is 1. The molecule has 0 fully saturated rings. The summed E-state index contributed by atoms with van der Waals surface area (Å²) < 4.78 is 0. The summed E-state index contributed by atoms with van der Waals surface area (Å²) in [4.78, 5) is 13.4. The van der Waals surface area contributed by atoms with Gasteiger partial charge in [0.15, 0.2) is 0 Å². The number of amides is 1. The van der Waals surface area contributed by atoms with Gasteiger partial charge >= 0.3 is 0 Å². The van der Waals surface area contributed by atoms with Crippen molar-refractivity contribution in [2.24, 2.45) is 0 Å². The molecule has 22 heavy (non-hydrogen) atoms. The molecule has 2 heterocycles. The number of nitrogens with zero attached hydrogens (tertiary/aromatic N) is 4. The maximum absolute atomic E-state index is 12.1. The van der Waals surface area contributed by atoms with Crippen LogP contribution < -0.4 is 5.32 Å². The summed E-state index contributed by atoms with van der Waals surface area (Å²) in [6, 6.07) is 7.83. The number of carbonyl (C=O) groups excluding carboxylic acids is 1. The van der Waals surface area contributed by atoms with E-state index in [1.807, 2.05) is 42.8 Å². The minimum Gasteiger partial charge on any atom is -0.324 e. The van der Waals surface area contributed by atoms with Crippen molar-refractivity contribution in [2.45, 2.75) is 20.4 Å². The van der Waals surface area contributed by atoms with Crippen molar-refractivity contribution >= 4 is 22.9 Å². The summed E-state index contributed by atoms with van der Waals surface area (Å²) >= 11 is 1.57. The zero-order valence-corrected chi connectivity index (χ0v) is 13.1. The predicted molar refractivity (Wildman–Crippen MR) is 85.7 cm³/mol. The lowest BCUT2D eigenvalue weighted by molar-refractivity contribution is -0.117. The highest BCUT2D eigenvalue weighted by Crippen LogP contribution is 2.17. The Hall–Kier alpha value is -2.54. The van der Waals surface area contributed by atoms with E-state index in [4.69, 9.17) is 0 Å². The van der Waals surface area contributed by atoms with E-state index in [0.29, 0.717) is 5.82 Å². The van der Waals surface area contributed by atoms with Crippen molar-refractivity contribution in [1.29, 1.82) is 0 Å². The maximum atomic E-state index is 12.1. The van der Waals surface area contributed by atoms with Crippen LogP contribution in [0.3, 0.4) is 0 Å². The Kier molecular flexibility index (Phi) is 3.97. The fraction of sp³-hybridized carbons (Fsp3) is 0.200. The third kappa shape index (κ3) is 3.37. The Bertz CT molecular complexity index is 774. The van der Waals surface area contributed by atoms with E-state index in [0.717, 1.165) is 22.4 Å². The van der Waals surface area contributed by atoms with Crippen LogP contribution in [0.1, 0.15) is 11.1 Å². The molecule has 1 amide bonds. The summed E-state index contributed by atoms with van der Waals surface area (Å²) in [6.07, 6.45) is 0. The first-order valence-corrected chi connectivity index (χ1v) is 7.73. The highest BCUT2D eigenvalue weighted by Gasteiger charge is 2.10. The molecule has 2 aromatic heterocycles. The fourth-order valence-electron chi connectivity index (χ4n) is 2.19. The summed E-state index contributed by atoms with van der Waals surface area (Å²) in [5.41, 5.74) is 3.90. The largest absolute Gasteiger partial charge is 0.324 e. The minimum absolute atomic E-state index is 0.0319. The third-order valence-corrected chi connectivity index (χ3v) is 3.71. The van der Waals surface area contributed by atoms with Gasteiger partial charge in [0.05, 0.1) is 0 Å². The number of aromatic nitrogens is 4. The Labute approximate surface area is 131 Å². The molecule has 0 aliphatic carbocycles. The van der Waals surface area contributed by atoms with Crippen molar-refractivity contribution in [3.63, 3.8) is 0 Å². The van der Waals surface area contributed by atoms with E-state index < -0.39 is 0 Å². The topological polar surface area (TPSA) is 72.7 Å². The van der Waals surface area contributed by atoms with Gasteiger partial charge in [-0.25, -0.2) is 0 Å². The number of thiophene rings is 1. The Morgan fingerprint density at radius 3 is 2.73 bits per heavy atom. The SMILES string of the molecule is Cc1cc(C)cc(NC(=O)Cn2nnc(-c3ccsc3)n2)c1. The lowest BCUT2D eigenvalue weighted by Crippen LogP contribution is -2.20. The molecule has 1 N–H and O–H groups in total. The molecule has 0 saturated heterocycles. The smallest absolute Gasteiger partial charge is 0.248 e. The second-order valence-electron chi connectivity index (χ2n) is 5.08. The number of hydrogen-bond acceptors (Lipinski definition) is 5. The maximum Gasteiger partial charge on any atom is 0.248 e. The van der Waals surface area contributed by atoms with Crippen molar-refractivity contribution in [3.05, 3.63) is 46.2 Å². The molecule has 0 aliphatic rings. The van der Waals surface area contributed by atoms with Crippen LogP contribution in [0.2, 0.25) is 0 Å². The second kappa shape index (κ2) is 6.07. The molecule has 1 aromatic carbocycles. The van der Waals surface area contributed by atoms with Crippen molar-refractivity contribution < 1.29 is 4.79 Å². The molecule has 112 valence electrons. The molecule has 0 bridgehead atoms. The molecular weight excluding hydrogens is 298 g/mol. The lowest BCUT2D eigenvalue weighted by Gasteiger charge is -2.06. The van der Waals surface area contributed by atoms with Crippen LogP contribution in [0.5, 0.6) is 0 Å². The van der Waals surface area contributed by atoms with E-state index in [1.165, 1.54) is 4.80 Å². The van der Waals surface area contributed by atoms with Gasteiger partial charge in [-0.05, 0) is 53.8 Å². The predicted octanol–water partition coefficient (Wildman–Crippen LogP) is 2.66. The number of aryl methyl sites for hydroxylation is 2. The van der Waals surface area contributed by atoms with Gasteiger partial charge in [0.1, 0.15) is 6.54 Å². The number of anilines is 1. The average Bonchev–Trinajstić information content (AvgIpc) is 3.07. The number of benzene rings is 1. The van der Waals surface area contributed by atoms with Crippen LogP contribution in [-0.4, -0.2) is 26.1 Å². The van der Waals surface area contributed by atoms with Crippen LogP contribution in [0.4, 0.5) is 5.69 Å². The van der Waals surface area contributed by atoms with E-state index >= 15 is 0 Å². The summed E-state index contributed by atoms with van der Waals surface area (Å²) in [6.45, 7) is 4.02. The van der Waals surface area contributed by atoms with Crippen LogP contribution in [0.25, 0.3) is 11.4 Å². The molecule has 0 unspecified atom stereocenters. The molecule has 0 radical (unpaired) electrons. The van der Waals surface area contributed by atoms with Crippen molar-refractivity contribution in [3.8, 4) is 11.4 Å². The normalized spacial score (nSPS) is 10.6. The van der Waals surface area contributed by atoms with E-state index in [1.54, 1.807) is 11.3 Å². The highest BCUT2D eigenvalue weighted by molar-refractivity contribution is 7.08. The Morgan fingerprint density at radius 2 is 2.05 bits per heavy atom. The van der Waals surface area contributed by atoms with Gasteiger partial charge < -0.3 is 5.32 Å². The number of nitrogens with one attached hydrogen (secondary N) is 1. The zero-order valence-electron chi connectivity index (χ0n) is 12.3. The molecule has 6 nitrogen and oxygen atoms in total. The average molecular weight is 313 g/mol. The molecule has 3 rings (SSSR count). The summed E-state index contributed by atoms with van der Waals surface area (Å²) in [5.74, 6) is 0.347. The minimum atomic E-state index is -0.181. The number of carbonyl (C=O) groups is 1. The van der Waals surface area contributed by atoms with Crippen molar-refractivity contribution in [2.75, 3.05) is 5.32 Å². The highest BCUT2D eigenvalue weighted by atomic mass is 32.1. The third-order valence-electron chi connectivity index (χ3n) is 3.02. The first-order chi connectivity index (χ1) is 10.6. The zero-order chi connectivity index (χ0) is 15.5. The van der Waals surface area contributed by atoms with Gasteiger partial charge in [-0.2, -0.15) is 16.1 Å². The van der Waals surface area contributed by atoms with E-state index in [-0.39, 0.29) is 12.5 Å². The second-order valence-corrected chi connectivity index (χ2v) is 5.86. The Morgan fingerprint density at radius 1 is 1.27 bits per heavy atom. The van der Waals surface area contributed by atoms with Gasteiger partial charge in [0.25, 0.3) is 0 Å². The van der Waals surface area contributed by atoms with E-state index in [2.05, 4.69) is 26.8 Å². The summed E-state index contributed by atoms with van der Waals surface area (Å²) in [5, 5.41) is 18.8. The molecular formula is C15H15N5OS.